The van der Waals surface area contributed by atoms with Crippen LogP contribution in [0, 0.1) is 6.92 Å². The van der Waals surface area contributed by atoms with Crippen molar-refractivity contribution in [2.75, 3.05) is 0 Å². The molecule has 0 radical (unpaired) electrons. The van der Waals surface area contributed by atoms with Crippen LogP contribution in [0.3, 0.4) is 0 Å². The van der Waals surface area contributed by atoms with Gasteiger partial charge >= 0.3 is 0 Å². The lowest BCUT2D eigenvalue weighted by atomic mass is 10.3. The molecule has 1 N–H and O–H groups in total. The molecule has 2 heterocycles. The summed E-state index contributed by atoms with van der Waals surface area (Å²) in [6, 6.07) is 5.60. The van der Waals surface area contributed by atoms with Gasteiger partial charge in [-0.25, -0.2) is 4.98 Å². The third-order valence-electron chi connectivity index (χ3n) is 2.21. The summed E-state index contributed by atoms with van der Waals surface area (Å²) in [6.07, 6.45) is 4.89. The van der Waals surface area contributed by atoms with Crippen molar-refractivity contribution < 1.29 is 4.79 Å². The maximum absolute atomic E-state index is 11.5. The van der Waals surface area contributed by atoms with Gasteiger partial charge in [-0.3, -0.25) is 9.78 Å². The summed E-state index contributed by atoms with van der Waals surface area (Å²) in [6.45, 7) is 2.36. The van der Waals surface area contributed by atoms with E-state index in [4.69, 9.17) is 0 Å². The molecule has 1 amide bonds. The number of aromatic nitrogens is 2. The van der Waals surface area contributed by atoms with E-state index in [-0.39, 0.29) is 5.91 Å². The van der Waals surface area contributed by atoms with Gasteiger partial charge < -0.3 is 5.32 Å². The first kappa shape index (κ1) is 12.4. The van der Waals surface area contributed by atoms with Crippen LogP contribution in [0.25, 0.3) is 6.08 Å². The highest BCUT2D eigenvalue weighted by Crippen LogP contribution is 2.08. The van der Waals surface area contributed by atoms with E-state index in [0.29, 0.717) is 6.54 Å². The molecule has 0 fully saturated rings. The van der Waals surface area contributed by atoms with Gasteiger partial charge in [0.15, 0.2) is 0 Å². The van der Waals surface area contributed by atoms with E-state index in [2.05, 4.69) is 15.3 Å². The van der Waals surface area contributed by atoms with Gasteiger partial charge in [-0.2, -0.15) is 0 Å². The van der Waals surface area contributed by atoms with Crippen LogP contribution in [0.5, 0.6) is 0 Å². The van der Waals surface area contributed by atoms with E-state index in [1.165, 1.54) is 6.08 Å². The molecule has 0 aliphatic heterocycles. The standard InChI is InChI=1S/C13H13N3OS/c1-10-16-12(9-18-10)5-6-13(17)15-8-11-4-2-3-7-14-11/h2-7,9H,8H2,1H3,(H,15,17). The fourth-order valence-electron chi connectivity index (χ4n) is 1.36. The Labute approximate surface area is 109 Å². The number of aryl methyl sites for hydroxylation is 1. The smallest absolute Gasteiger partial charge is 0.244 e. The minimum atomic E-state index is -0.147. The molecule has 0 aliphatic rings. The number of hydrogen-bond donors (Lipinski definition) is 1. The highest BCUT2D eigenvalue weighted by atomic mass is 32.1. The van der Waals surface area contributed by atoms with Gasteiger partial charge in [0.05, 0.1) is 22.9 Å². The topological polar surface area (TPSA) is 54.9 Å². The molecular formula is C13H13N3OS. The maximum Gasteiger partial charge on any atom is 0.244 e. The fourth-order valence-corrected chi connectivity index (χ4v) is 1.94. The number of hydrogen-bond acceptors (Lipinski definition) is 4. The zero-order chi connectivity index (χ0) is 12.8. The summed E-state index contributed by atoms with van der Waals surface area (Å²) in [5.74, 6) is -0.147. The van der Waals surface area contributed by atoms with Gasteiger partial charge in [0.1, 0.15) is 0 Å². The number of carbonyl (C=O) groups excluding carboxylic acids is 1. The highest BCUT2D eigenvalue weighted by Gasteiger charge is 1.98. The molecule has 0 unspecified atom stereocenters. The maximum atomic E-state index is 11.5. The Kier molecular flexibility index (Phi) is 4.20. The lowest BCUT2D eigenvalue weighted by Crippen LogP contribution is -2.20. The van der Waals surface area contributed by atoms with Crippen molar-refractivity contribution in [3.63, 3.8) is 0 Å². The molecule has 2 rings (SSSR count). The Hall–Kier alpha value is -2.01. The van der Waals surface area contributed by atoms with Crippen molar-refractivity contribution in [2.45, 2.75) is 13.5 Å². The molecule has 0 aromatic carbocycles. The van der Waals surface area contributed by atoms with Crippen LogP contribution < -0.4 is 5.32 Å². The second-order valence-corrected chi connectivity index (χ2v) is 4.73. The Morgan fingerprint density at radius 1 is 1.50 bits per heavy atom. The third-order valence-corrected chi connectivity index (χ3v) is 3.00. The lowest BCUT2D eigenvalue weighted by molar-refractivity contribution is -0.116. The van der Waals surface area contributed by atoms with E-state index >= 15 is 0 Å². The zero-order valence-corrected chi connectivity index (χ0v) is 10.8. The van der Waals surface area contributed by atoms with Crippen molar-refractivity contribution in [1.82, 2.24) is 15.3 Å². The van der Waals surface area contributed by atoms with Gasteiger partial charge in [-0.15, -0.1) is 11.3 Å². The highest BCUT2D eigenvalue weighted by molar-refractivity contribution is 7.09. The third kappa shape index (κ3) is 3.78. The van der Waals surface area contributed by atoms with Crippen molar-refractivity contribution in [3.8, 4) is 0 Å². The van der Waals surface area contributed by atoms with Crippen LogP contribution in [0.1, 0.15) is 16.4 Å². The molecular weight excluding hydrogens is 246 g/mol. The fraction of sp³-hybridized carbons (Fsp3) is 0.154. The average molecular weight is 259 g/mol. The van der Waals surface area contributed by atoms with Gasteiger partial charge in [-0.05, 0) is 25.1 Å². The second-order valence-electron chi connectivity index (χ2n) is 3.66. The first-order valence-electron chi connectivity index (χ1n) is 5.52. The first-order valence-corrected chi connectivity index (χ1v) is 6.40. The molecule has 4 nitrogen and oxygen atoms in total. The Morgan fingerprint density at radius 2 is 2.39 bits per heavy atom. The molecule has 2 aromatic heterocycles. The molecule has 0 spiro atoms. The van der Waals surface area contributed by atoms with Crippen LogP contribution in [0.15, 0.2) is 35.9 Å². The van der Waals surface area contributed by atoms with Crippen LogP contribution >= 0.6 is 11.3 Å². The molecule has 2 aromatic rings. The second kappa shape index (κ2) is 6.07. The molecule has 5 heteroatoms. The molecule has 0 atom stereocenters. The van der Waals surface area contributed by atoms with Crippen molar-refractivity contribution in [3.05, 3.63) is 52.2 Å². The van der Waals surface area contributed by atoms with Crippen molar-refractivity contribution in [1.29, 1.82) is 0 Å². The van der Waals surface area contributed by atoms with E-state index in [1.54, 1.807) is 23.6 Å². The van der Waals surface area contributed by atoms with E-state index in [1.807, 2.05) is 30.5 Å². The van der Waals surface area contributed by atoms with Gasteiger partial charge in [0, 0.05) is 17.7 Å². The summed E-state index contributed by atoms with van der Waals surface area (Å²) in [4.78, 5) is 19.9. The number of amides is 1. The molecule has 18 heavy (non-hydrogen) atoms. The number of rotatable bonds is 4. The largest absolute Gasteiger partial charge is 0.347 e. The molecule has 92 valence electrons. The summed E-state index contributed by atoms with van der Waals surface area (Å²) in [5, 5.41) is 5.67. The average Bonchev–Trinajstić information content (AvgIpc) is 2.81. The zero-order valence-electron chi connectivity index (χ0n) is 9.96. The number of nitrogens with zero attached hydrogens (tertiary/aromatic N) is 2. The van der Waals surface area contributed by atoms with Gasteiger partial charge in [0.2, 0.25) is 5.91 Å². The number of carbonyl (C=O) groups is 1. The predicted octanol–water partition coefficient (Wildman–Crippen LogP) is 2.18. The van der Waals surface area contributed by atoms with Gasteiger partial charge in [0.25, 0.3) is 0 Å². The van der Waals surface area contributed by atoms with Crippen LogP contribution in [-0.4, -0.2) is 15.9 Å². The Morgan fingerprint density at radius 3 is 3.06 bits per heavy atom. The summed E-state index contributed by atoms with van der Waals surface area (Å²) < 4.78 is 0. The van der Waals surface area contributed by atoms with Gasteiger partial charge in [-0.1, -0.05) is 6.07 Å². The minimum Gasteiger partial charge on any atom is -0.347 e. The first-order chi connectivity index (χ1) is 8.74. The number of pyridine rings is 1. The van der Waals surface area contributed by atoms with E-state index < -0.39 is 0 Å². The summed E-state index contributed by atoms with van der Waals surface area (Å²) in [7, 11) is 0. The monoisotopic (exact) mass is 259 g/mol. The summed E-state index contributed by atoms with van der Waals surface area (Å²) in [5.41, 5.74) is 1.65. The van der Waals surface area contributed by atoms with Crippen molar-refractivity contribution in [2.24, 2.45) is 0 Å². The summed E-state index contributed by atoms with van der Waals surface area (Å²) >= 11 is 1.56. The lowest BCUT2D eigenvalue weighted by Gasteiger charge is -2.00. The number of thiazole rings is 1. The molecule has 0 bridgehead atoms. The molecule has 0 saturated heterocycles. The van der Waals surface area contributed by atoms with Crippen LogP contribution in [0.2, 0.25) is 0 Å². The Balaban J connectivity index is 1.84. The SMILES string of the molecule is Cc1nc(C=CC(=O)NCc2ccccn2)cs1. The Bertz CT molecular complexity index is 548. The number of nitrogens with one attached hydrogen (secondary N) is 1. The minimum absolute atomic E-state index is 0.147. The molecule has 0 aliphatic carbocycles. The molecule has 0 saturated carbocycles. The van der Waals surface area contributed by atoms with E-state index in [9.17, 15) is 4.79 Å². The normalized spacial score (nSPS) is 10.7. The van der Waals surface area contributed by atoms with Crippen LogP contribution in [0.4, 0.5) is 0 Å². The van der Waals surface area contributed by atoms with E-state index in [0.717, 1.165) is 16.4 Å². The van der Waals surface area contributed by atoms with Crippen molar-refractivity contribution >= 4 is 23.3 Å². The predicted molar refractivity (Wildman–Crippen MR) is 72.0 cm³/mol. The van der Waals surface area contributed by atoms with Crippen LogP contribution in [-0.2, 0) is 11.3 Å². The quantitative estimate of drug-likeness (QED) is 0.856.